The molecule has 0 saturated heterocycles. The molecule has 2 rings (SSSR count). The molecule has 0 saturated carbocycles. The number of carbonyl (C=O) groups is 2. The van der Waals surface area contributed by atoms with E-state index in [-0.39, 0.29) is 18.1 Å². The molecule has 8 nitrogen and oxygen atoms in total. The van der Waals surface area contributed by atoms with Crippen LogP contribution in [0.25, 0.3) is 0 Å². The van der Waals surface area contributed by atoms with Crippen LogP contribution in [-0.4, -0.2) is 57.6 Å². The van der Waals surface area contributed by atoms with Crippen molar-refractivity contribution in [1.82, 2.24) is 10.2 Å². The first-order valence-corrected chi connectivity index (χ1v) is 12.4. The highest BCUT2D eigenvalue weighted by Gasteiger charge is 2.32. The minimum Gasteiger partial charge on any atom is -0.497 e. The highest BCUT2D eigenvalue weighted by atomic mass is 32.2. The van der Waals surface area contributed by atoms with Crippen molar-refractivity contribution in [2.24, 2.45) is 0 Å². The van der Waals surface area contributed by atoms with Crippen LogP contribution in [0.3, 0.4) is 0 Å². The van der Waals surface area contributed by atoms with Crippen molar-refractivity contribution < 1.29 is 27.1 Å². The van der Waals surface area contributed by atoms with Crippen LogP contribution in [0.2, 0.25) is 0 Å². The Morgan fingerprint density at radius 3 is 2.39 bits per heavy atom. The summed E-state index contributed by atoms with van der Waals surface area (Å²) in [6, 6.07) is 11.5. The fraction of sp³-hybridized carbons (Fsp3) is 0.391. The van der Waals surface area contributed by atoms with Gasteiger partial charge < -0.3 is 15.0 Å². The third kappa shape index (κ3) is 6.92. The van der Waals surface area contributed by atoms with Crippen molar-refractivity contribution in [2.75, 3.05) is 30.8 Å². The van der Waals surface area contributed by atoms with E-state index in [1.54, 1.807) is 38.1 Å². The molecule has 0 heterocycles. The second-order valence-corrected chi connectivity index (χ2v) is 9.32. The Balaban J connectivity index is 2.46. The molecule has 0 spiro atoms. The number of methoxy groups -OCH3 is 1. The van der Waals surface area contributed by atoms with E-state index >= 15 is 0 Å². The summed E-state index contributed by atoms with van der Waals surface area (Å²) in [5.41, 5.74) is 0.461. The maximum absolute atomic E-state index is 14.4. The van der Waals surface area contributed by atoms with Crippen LogP contribution in [0.1, 0.15) is 25.8 Å². The quantitative estimate of drug-likeness (QED) is 0.534. The highest BCUT2D eigenvalue weighted by molar-refractivity contribution is 7.92. The number of carbonyl (C=O) groups excluding carboxylic acids is 2. The van der Waals surface area contributed by atoms with Gasteiger partial charge in [-0.05, 0) is 43.2 Å². The van der Waals surface area contributed by atoms with Gasteiger partial charge in [-0.25, -0.2) is 12.8 Å². The number of para-hydroxylation sites is 1. The van der Waals surface area contributed by atoms with Crippen molar-refractivity contribution in [1.29, 1.82) is 0 Å². The average Bonchev–Trinajstić information content (AvgIpc) is 2.77. The van der Waals surface area contributed by atoms with Crippen LogP contribution >= 0.6 is 0 Å². The van der Waals surface area contributed by atoms with Crippen LogP contribution in [0.4, 0.5) is 10.1 Å². The maximum Gasteiger partial charge on any atom is 0.244 e. The number of rotatable bonds is 11. The van der Waals surface area contributed by atoms with Crippen molar-refractivity contribution >= 4 is 27.5 Å². The summed E-state index contributed by atoms with van der Waals surface area (Å²) in [7, 11) is -2.47. The van der Waals surface area contributed by atoms with Crippen LogP contribution in [0.15, 0.2) is 48.5 Å². The predicted molar refractivity (Wildman–Crippen MR) is 125 cm³/mol. The minimum atomic E-state index is -3.99. The standard InChI is InChI=1S/C23H30FN3O5S/c1-5-20(23(29)25-6-2)26(15-17-10-9-11-18(14-17)32-3)22(28)16-27(33(4,30)31)21-13-8-7-12-19(21)24/h7-14,20H,5-6,15-16H2,1-4H3,(H,25,29)/t20-/m1/s1. The largest absolute Gasteiger partial charge is 0.497 e. The van der Waals surface area contributed by atoms with Gasteiger partial charge >= 0.3 is 0 Å². The molecular weight excluding hydrogens is 449 g/mol. The number of benzene rings is 2. The molecule has 180 valence electrons. The molecule has 0 aromatic heterocycles. The molecule has 0 unspecified atom stereocenters. The average molecular weight is 480 g/mol. The lowest BCUT2D eigenvalue weighted by Gasteiger charge is -2.32. The molecule has 2 aromatic carbocycles. The van der Waals surface area contributed by atoms with Gasteiger partial charge in [0.15, 0.2) is 0 Å². The van der Waals surface area contributed by atoms with E-state index in [9.17, 15) is 22.4 Å². The molecule has 0 radical (unpaired) electrons. The molecule has 0 aliphatic rings. The Labute approximate surface area is 194 Å². The minimum absolute atomic E-state index is 0.0422. The van der Waals surface area contributed by atoms with Crippen molar-refractivity contribution in [3.8, 4) is 5.75 Å². The lowest BCUT2D eigenvalue weighted by Crippen LogP contribution is -2.52. The number of nitrogens with one attached hydrogen (secondary N) is 1. The monoisotopic (exact) mass is 479 g/mol. The number of amides is 2. The fourth-order valence-electron chi connectivity index (χ4n) is 3.43. The van der Waals surface area contributed by atoms with Gasteiger partial charge in [-0.3, -0.25) is 13.9 Å². The second-order valence-electron chi connectivity index (χ2n) is 7.41. The zero-order chi connectivity index (χ0) is 24.6. The molecule has 0 fully saturated rings. The molecule has 2 amide bonds. The molecule has 0 aliphatic carbocycles. The third-order valence-corrected chi connectivity index (χ3v) is 6.15. The highest BCUT2D eigenvalue weighted by Crippen LogP contribution is 2.23. The number of nitrogens with zero attached hydrogens (tertiary/aromatic N) is 2. The summed E-state index contributed by atoms with van der Waals surface area (Å²) < 4.78 is 45.3. The third-order valence-electron chi connectivity index (χ3n) is 5.02. The summed E-state index contributed by atoms with van der Waals surface area (Å²) in [6.45, 7) is 3.29. The molecule has 10 heteroatoms. The number of halogens is 1. The predicted octanol–water partition coefficient (Wildman–Crippen LogP) is 2.54. The van der Waals surface area contributed by atoms with E-state index in [4.69, 9.17) is 4.74 Å². The Hall–Kier alpha value is -3.14. The SMILES string of the molecule is CCNC(=O)[C@@H](CC)N(Cc1cccc(OC)c1)C(=O)CN(c1ccccc1F)S(C)(=O)=O. The van der Waals surface area contributed by atoms with E-state index in [0.29, 0.717) is 28.6 Å². The Morgan fingerprint density at radius 2 is 1.82 bits per heavy atom. The van der Waals surface area contributed by atoms with Gasteiger partial charge in [0, 0.05) is 13.1 Å². The Kier molecular flexibility index (Phi) is 9.22. The lowest BCUT2D eigenvalue weighted by atomic mass is 10.1. The molecule has 2 aromatic rings. The molecule has 1 N–H and O–H groups in total. The molecule has 33 heavy (non-hydrogen) atoms. The maximum atomic E-state index is 14.4. The van der Waals surface area contributed by atoms with Crippen molar-refractivity contribution in [3.63, 3.8) is 0 Å². The molecular formula is C23H30FN3O5S. The van der Waals surface area contributed by atoms with Crippen molar-refractivity contribution in [3.05, 3.63) is 59.9 Å². The normalized spacial score (nSPS) is 12.0. The summed E-state index contributed by atoms with van der Waals surface area (Å²) in [5.74, 6) is -1.18. The first kappa shape index (κ1) is 26.1. The number of anilines is 1. The van der Waals surface area contributed by atoms with E-state index < -0.39 is 34.3 Å². The first-order valence-electron chi connectivity index (χ1n) is 10.5. The number of hydrogen-bond donors (Lipinski definition) is 1. The van der Waals surface area contributed by atoms with E-state index in [0.717, 1.165) is 12.3 Å². The van der Waals surface area contributed by atoms with Crippen LogP contribution < -0.4 is 14.4 Å². The zero-order valence-electron chi connectivity index (χ0n) is 19.2. The van der Waals surface area contributed by atoms with E-state index in [2.05, 4.69) is 5.32 Å². The van der Waals surface area contributed by atoms with Gasteiger partial charge in [-0.1, -0.05) is 31.2 Å². The molecule has 1 atom stereocenters. The first-order chi connectivity index (χ1) is 15.6. The number of sulfonamides is 1. The fourth-order valence-corrected chi connectivity index (χ4v) is 4.28. The second kappa shape index (κ2) is 11.6. The Morgan fingerprint density at radius 1 is 1.12 bits per heavy atom. The van der Waals surface area contributed by atoms with E-state index in [1.807, 2.05) is 0 Å². The molecule has 0 bridgehead atoms. The van der Waals surface area contributed by atoms with Gasteiger partial charge in [-0.2, -0.15) is 0 Å². The van der Waals surface area contributed by atoms with Crippen LogP contribution in [-0.2, 0) is 26.2 Å². The smallest absolute Gasteiger partial charge is 0.244 e. The van der Waals surface area contributed by atoms with Gasteiger partial charge in [0.1, 0.15) is 24.2 Å². The summed E-state index contributed by atoms with van der Waals surface area (Å²) in [5, 5.41) is 2.72. The van der Waals surface area contributed by atoms with Gasteiger partial charge in [0.25, 0.3) is 0 Å². The van der Waals surface area contributed by atoms with Crippen molar-refractivity contribution in [2.45, 2.75) is 32.9 Å². The topological polar surface area (TPSA) is 96.0 Å². The van der Waals surface area contributed by atoms with E-state index in [1.165, 1.54) is 30.2 Å². The van der Waals surface area contributed by atoms with Gasteiger partial charge in [0.2, 0.25) is 21.8 Å². The Bertz CT molecular complexity index is 1080. The summed E-state index contributed by atoms with van der Waals surface area (Å²) in [6.07, 6.45) is 1.21. The lowest BCUT2D eigenvalue weighted by molar-refractivity contribution is -0.140. The molecule has 0 aliphatic heterocycles. The number of ether oxygens (including phenoxy) is 1. The van der Waals surface area contributed by atoms with Crippen LogP contribution in [0, 0.1) is 5.82 Å². The summed E-state index contributed by atoms with van der Waals surface area (Å²) in [4.78, 5) is 27.5. The number of likely N-dealkylation sites (N-methyl/N-ethyl adjacent to an activating group) is 1. The van der Waals surface area contributed by atoms with Gasteiger partial charge in [-0.15, -0.1) is 0 Å². The number of hydrogen-bond acceptors (Lipinski definition) is 5. The van der Waals surface area contributed by atoms with Gasteiger partial charge in [0.05, 0.1) is 19.1 Å². The summed E-state index contributed by atoms with van der Waals surface area (Å²) >= 11 is 0. The zero-order valence-corrected chi connectivity index (χ0v) is 20.1. The van der Waals surface area contributed by atoms with Crippen LogP contribution in [0.5, 0.6) is 5.75 Å².